The molecule has 4 heteroatoms. The van der Waals surface area contributed by atoms with E-state index in [1.54, 1.807) is 0 Å². The summed E-state index contributed by atoms with van der Waals surface area (Å²) < 4.78 is 7.11. The third-order valence-corrected chi connectivity index (χ3v) is 6.37. The van der Waals surface area contributed by atoms with Gasteiger partial charge in [-0.3, -0.25) is 4.79 Å². The fraction of sp³-hybridized carbons (Fsp3) is 0.600. The van der Waals surface area contributed by atoms with Crippen LogP contribution in [0.5, 0.6) is 0 Å². The number of unbranched alkanes of at least 4 members (excludes halogenated alkanes) is 2. The quantitative estimate of drug-likeness (QED) is 0.291. The molecule has 0 saturated heterocycles. The average molecular weight is 398 g/mol. The van der Waals surface area contributed by atoms with Crippen molar-refractivity contribution in [1.82, 2.24) is 4.57 Å². The summed E-state index contributed by atoms with van der Waals surface area (Å²) in [4.78, 5) is 26.1. The Morgan fingerprint density at radius 1 is 1.07 bits per heavy atom. The Labute approximate surface area is 174 Å². The van der Waals surface area contributed by atoms with Crippen molar-refractivity contribution >= 4 is 22.7 Å². The number of esters is 1. The summed E-state index contributed by atoms with van der Waals surface area (Å²) >= 11 is 0. The Morgan fingerprint density at radius 3 is 2.48 bits per heavy atom. The van der Waals surface area contributed by atoms with Crippen LogP contribution in [0.4, 0.5) is 0 Å². The number of hydrogen-bond acceptors (Lipinski definition) is 3. The standard InChI is InChI=1S/C25H35NO3/c1-3-4-8-16-22(25(28)29-2)26-18-17-19-14-11-15-21(23(19)26)24(27)20-12-9-6-5-7-10-13-20/h11,14-15,17-18,20,22H,3-10,12-13,16H2,1-2H3. The minimum atomic E-state index is -0.379. The summed E-state index contributed by atoms with van der Waals surface area (Å²) in [6.07, 6.45) is 13.8. The van der Waals surface area contributed by atoms with Crippen LogP contribution >= 0.6 is 0 Å². The minimum Gasteiger partial charge on any atom is -0.467 e. The lowest BCUT2D eigenvalue weighted by Crippen LogP contribution is -2.22. The summed E-state index contributed by atoms with van der Waals surface area (Å²) in [5, 5.41) is 1.02. The molecule has 0 amide bonds. The molecule has 0 radical (unpaired) electrons. The van der Waals surface area contributed by atoms with E-state index in [4.69, 9.17) is 4.74 Å². The van der Waals surface area contributed by atoms with Crippen molar-refractivity contribution in [2.45, 2.75) is 83.6 Å². The van der Waals surface area contributed by atoms with Gasteiger partial charge >= 0.3 is 5.97 Å². The second kappa shape index (κ2) is 10.6. The van der Waals surface area contributed by atoms with Gasteiger partial charge in [0.15, 0.2) is 5.78 Å². The molecule has 1 heterocycles. The lowest BCUT2D eigenvalue weighted by Gasteiger charge is -2.22. The first kappa shape index (κ1) is 21.6. The van der Waals surface area contributed by atoms with E-state index in [0.29, 0.717) is 0 Å². The lowest BCUT2D eigenvalue weighted by atomic mass is 9.85. The predicted octanol–water partition coefficient (Wildman–Crippen LogP) is 6.48. The highest BCUT2D eigenvalue weighted by molar-refractivity contribution is 6.08. The zero-order valence-corrected chi connectivity index (χ0v) is 18.0. The smallest absolute Gasteiger partial charge is 0.328 e. The van der Waals surface area contributed by atoms with Crippen LogP contribution in [0.15, 0.2) is 30.5 Å². The molecular weight excluding hydrogens is 362 g/mol. The number of Topliss-reactive ketones (excluding diaryl/α,β-unsaturated/α-hetero) is 1. The molecule has 0 N–H and O–H groups in total. The van der Waals surface area contributed by atoms with Crippen LogP contribution in [0.2, 0.25) is 0 Å². The number of rotatable bonds is 8. The van der Waals surface area contributed by atoms with Gasteiger partial charge in [0, 0.05) is 23.1 Å². The summed E-state index contributed by atoms with van der Waals surface area (Å²) in [5.41, 5.74) is 1.66. The van der Waals surface area contributed by atoms with E-state index in [0.717, 1.165) is 67.8 Å². The van der Waals surface area contributed by atoms with Crippen molar-refractivity contribution in [3.05, 3.63) is 36.0 Å². The number of fused-ring (bicyclic) bond motifs is 1. The fourth-order valence-electron chi connectivity index (χ4n) is 4.71. The molecule has 4 nitrogen and oxygen atoms in total. The largest absolute Gasteiger partial charge is 0.467 e. The maximum absolute atomic E-state index is 13.5. The van der Waals surface area contributed by atoms with Crippen LogP contribution in [0, 0.1) is 5.92 Å². The Balaban J connectivity index is 1.97. The van der Waals surface area contributed by atoms with Gasteiger partial charge in [-0.2, -0.15) is 0 Å². The lowest BCUT2D eigenvalue weighted by molar-refractivity contribution is -0.144. The topological polar surface area (TPSA) is 48.3 Å². The Hall–Kier alpha value is -2.10. The van der Waals surface area contributed by atoms with E-state index in [2.05, 4.69) is 6.92 Å². The van der Waals surface area contributed by atoms with Gasteiger partial charge in [-0.1, -0.05) is 70.4 Å². The molecular formula is C25H35NO3. The van der Waals surface area contributed by atoms with Gasteiger partial charge < -0.3 is 9.30 Å². The van der Waals surface area contributed by atoms with Gasteiger partial charge in [0.05, 0.1) is 12.6 Å². The summed E-state index contributed by atoms with van der Waals surface area (Å²) in [6.45, 7) is 2.16. The molecule has 1 aliphatic carbocycles. The number of aromatic nitrogens is 1. The van der Waals surface area contributed by atoms with E-state index in [1.165, 1.54) is 26.4 Å². The zero-order chi connectivity index (χ0) is 20.6. The molecule has 1 fully saturated rings. The number of nitrogens with zero attached hydrogens (tertiary/aromatic N) is 1. The van der Waals surface area contributed by atoms with Gasteiger partial charge in [0.25, 0.3) is 0 Å². The molecule has 158 valence electrons. The number of benzene rings is 1. The molecule has 1 atom stereocenters. The predicted molar refractivity (Wildman–Crippen MR) is 117 cm³/mol. The molecule has 1 unspecified atom stereocenters. The fourth-order valence-corrected chi connectivity index (χ4v) is 4.71. The normalized spacial score (nSPS) is 16.9. The van der Waals surface area contributed by atoms with Crippen LogP contribution in [0.3, 0.4) is 0 Å². The number of ketones is 1. The summed E-state index contributed by atoms with van der Waals surface area (Å²) in [5.74, 6) is 0.113. The number of para-hydroxylation sites is 1. The third kappa shape index (κ3) is 5.09. The first-order valence-electron chi connectivity index (χ1n) is 11.4. The van der Waals surface area contributed by atoms with Gasteiger partial charge in [-0.05, 0) is 31.4 Å². The number of carbonyl (C=O) groups excluding carboxylic acids is 2. The number of methoxy groups -OCH3 is 1. The van der Waals surface area contributed by atoms with E-state index in [9.17, 15) is 9.59 Å². The van der Waals surface area contributed by atoms with Gasteiger partial charge in [0.1, 0.15) is 6.04 Å². The van der Waals surface area contributed by atoms with Crippen molar-refractivity contribution in [3.63, 3.8) is 0 Å². The van der Waals surface area contributed by atoms with Crippen molar-refractivity contribution in [1.29, 1.82) is 0 Å². The molecule has 1 aromatic heterocycles. The van der Waals surface area contributed by atoms with Crippen molar-refractivity contribution in [2.24, 2.45) is 5.92 Å². The number of carbonyl (C=O) groups is 2. The molecule has 0 spiro atoms. The molecule has 1 aliphatic rings. The van der Waals surface area contributed by atoms with E-state index in [-0.39, 0.29) is 23.7 Å². The molecule has 0 aliphatic heterocycles. The highest BCUT2D eigenvalue weighted by atomic mass is 16.5. The van der Waals surface area contributed by atoms with Crippen molar-refractivity contribution in [2.75, 3.05) is 7.11 Å². The molecule has 0 bridgehead atoms. The van der Waals surface area contributed by atoms with Gasteiger partial charge in [-0.25, -0.2) is 4.79 Å². The summed E-state index contributed by atoms with van der Waals surface area (Å²) in [6, 6.07) is 7.57. The highest BCUT2D eigenvalue weighted by Crippen LogP contribution is 2.32. The minimum absolute atomic E-state index is 0.0981. The van der Waals surface area contributed by atoms with E-state index < -0.39 is 0 Å². The van der Waals surface area contributed by atoms with Crippen LogP contribution in [-0.4, -0.2) is 23.4 Å². The second-order valence-corrected chi connectivity index (χ2v) is 8.41. The maximum Gasteiger partial charge on any atom is 0.328 e. The summed E-state index contributed by atoms with van der Waals surface area (Å²) in [7, 11) is 1.45. The van der Waals surface area contributed by atoms with Crippen LogP contribution in [0.1, 0.15) is 94.0 Å². The molecule has 1 saturated carbocycles. The highest BCUT2D eigenvalue weighted by Gasteiger charge is 2.27. The third-order valence-electron chi connectivity index (χ3n) is 6.37. The van der Waals surface area contributed by atoms with E-state index >= 15 is 0 Å². The molecule has 3 rings (SSSR count). The van der Waals surface area contributed by atoms with Gasteiger partial charge in [0.2, 0.25) is 0 Å². The Morgan fingerprint density at radius 2 is 1.79 bits per heavy atom. The molecule has 2 aromatic rings. The average Bonchev–Trinajstić information content (AvgIpc) is 3.14. The zero-order valence-electron chi connectivity index (χ0n) is 18.0. The number of hydrogen-bond donors (Lipinski definition) is 0. The van der Waals surface area contributed by atoms with Crippen molar-refractivity contribution in [3.8, 4) is 0 Å². The van der Waals surface area contributed by atoms with Gasteiger partial charge in [-0.15, -0.1) is 0 Å². The van der Waals surface area contributed by atoms with Crippen LogP contribution < -0.4 is 0 Å². The second-order valence-electron chi connectivity index (χ2n) is 8.41. The first-order valence-corrected chi connectivity index (χ1v) is 11.4. The Bertz CT molecular complexity index is 815. The molecule has 29 heavy (non-hydrogen) atoms. The monoisotopic (exact) mass is 397 g/mol. The Kier molecular flexibility index (Phi) is 7.91. The van der Waals surface area contributed by atoms with Crippen LogP contribution in [0.25, 0.3) is 10.9 Å². The molecule has 1 aromatic carbocycles. The SMILES string of the molecule is CCCCCC(C(=O)OC)n1ccc2cccc(C(=O)C3CCCCCCC3)c21. The van der Waals surface area contributed by atoms with Crippen LogP contribution in [-0.2, 0) is 9.53 Å². The van der Waals surface area contributed by atoms with E-state index in [1.807, 2.05) is 35.0 Å². The van der Waals surface area contributed by atoms with Crippen molar-refractivity contribution < 1.29 is 14.3 Å². The maximum atomic E-state index is 13.5. The first-order chi connectivity index (χ1) is 14.2. The number of ether oxygens (including phenoxy) is 1.